The van der Waals surface area contributed by atoms with E-state index in [0.29, 0.717) is 23.7 Å². The van der Waals surface area contributed by atoms with Crippen molar-refractivity contribution < 1.29 is 28.4 Å². The van der Waals surface area contributed by atoms with Gasteiger partial charge in [-0.25, -0.2) is 4.79 Å². The number of fused-ring (bicyclic) bond motifs is 1. The summed E-state index contributed by atoms with van der Waals surface area (Å²) in [6, 6.07) is 6.49. The Balaban J connectivity index is 1.54. The zero-order chi connectivity index (χ0) is 24.2. The van der Waals surface area contributed by atoms with Crippen molar-refractivity contribution in [3.05, 3.63) is 47.7 Å². The van der Waals surface area contributed by atoms with E-state index in [0.717, 1.165) is 16.2 Å². The van der Waals surface area contributed by atoms with Crippen LogP contribution in [0, 0.1) is 12.8 Å². The molecule has 2 aromatic rings. The SMILES string of the molecule is COc1ccc(CCN2C(=O)C3C=CC=NC3=[N+](CC(=O)Nc3cc(C)[nH]n3)C2=O)cc1OC. The van der Waals surface area contributed by atoms with Crippen molar-refractivity contribution >= 4 is 35.7 Å². The first-order chi connectivity index (χ1) is 16.4. The molecule has 0 aliphatic carbocycles. The number of aromatic amines is 1. The van der Waals surface area contributed by atoms with Crippen LogP contribution in [-0.2, 0) is 16.0 Å². The number of benzene rings is 1. The number of allylic oxidation sites excluding steroid dienone is 1. The molecule has 34 heavy (non-hydrogen) atoms. The highest BCUT2D eigenvalue weighted by atomic mass is 16.5. The molecule has 1 atom stereocenters. The number of ether oxygens (including phenoxy) is 2. The Bertz CT molecular complexity index is 1230. The fourth-order valence-electron chi connectivity index (χ4n) is 3.82. The Labute approximate surface area is 195 Å². The lowest BCUT2D eigenvalue weighted by Gasteiger charge is -2.27. The minimum atomic E-state index is -0.742. The largest absolute Gasteiger partial charge is 0.493 e. The number of aryl methyl sites for hydroxylation is 1. The number of dihydropyridines is 1. The molecule has 2 aliphatic rings. The Morgan fingerprint density at radius 2 is 2.00 bits per heavy atom. The molecule has 0 fully saturated rings. The molecule has 4 rings (SSSR count). The highest BCUT2D eigenvalue weighted by Crippen LogP contribution is 2.28. The van der Waals surface area contributed by atoms with Crippen LogP contribution < -0.4 is 14.8 Å². The molecular weight excluding hydrogens is 440 g/mol. The molecule has 2 N–H and O–H groups in total. The van der Waals surface area contributed by atoms with Crippen molar-refractivity contribution in [2.75, 3.05) is 32.6 Å². The second kappa shape index (κ2) is 9.69. The number of H-pyrrole nitrogens is 1. The molecule has 0 radical (unpaired) electrons. The first kappa shape index (κ1) is 22.9. The number of nitrogens with zero attached hydrogens (tertiary/aromatic N) is 4. The molecule has 1 aromatic carbocycles. The average Bonchev–Trinajstić information content (AvgIpc) is 3.25. The molecule has 1 unspecified atom stereocenters. The first-order valence-corrected chi connectivity index (χ1v) is 10.6. The predicted octanol–water partition coefficient (Wildman–Crippen LogP) is 1.55. The van der Waals surface area contributed by atoms with Gasteiger partial charge in [0.15, 0.2) is 29.8 Å². The minimum Gasteiger partial charge on any atom is -0.493 e. The summed E-state index contributed by atoms with van der Waals surface area (Å²) in [5, 5.41) is 9.36. The average molecular weight is 465 g/mol. The van der Waals surface area contributed by atoms with Gasteiger partial charge in [-0.1, -0.05) is 12.1 Å². The summed E-state index contributed by atoms with van der Waals surface area (Å²) in [6.45, 7) is 1.63. The van der Waals surface area contributed by atoms with E-state index in [4.69, 9.17) is 9.47 Å². The lowest BCUT2D eigenvalue weighted by Crippen LogP contribution is -2.56. The summed E-state index contributed by atoms with van der Waals surface area (Å²) in [5.74, 6) is 0.148. The van der Waals surface area contributed by atoms with E-state index in [1.165, 1.54) is 10.8 Å². The number of carbonyl (C=O) groups excluding carboxylic acids is 3. The first-order valence-electron chi connectivity index (χ1n) is 10.6. The Morgan fingerprint density at radius 3 is 2.71 bits per heavy atom. The number of hydrogen-bond acceptors (Lipinski definition) is 7. The van der Waals surface area contributed by atoms with E-state index in [9.17, 15) is 14.4 Å². The smallest absolute Gasteiger partial charge is 0.446 e. The van der Waals surface area contributed by atoms with Crippen molar-refractivity contribution in [3.8, 4) is 11.5 Å². The summed E-state index contributed by atoms with van der Waals surface area (Å²) in [5.41, 5.74) is 1.65. The highest BCUT2D eigenvalue weighted by molar-refractivity contribution is 6.15. The number of rotatable bonds is 8. The van der Waals surface area contributed by atoms with Gasteiger partial charge in [0.2, 0.25) is 0 Å². The van der Waals surface area contributed by atoms with E-state index >= 15 is 0 Å². The molecule has 0 bridgehead atoms. The quantitative estimate of drug-likeness (QED) is 0.569. The van der Waals surface area contributed by atoms with E-state index in [2.05, 4.69) is 20.5 Å². The van der Waals surface area contributed by atoms with E-state index < -0.39 is 17.9 Å². The number of amides is 4. The lowest BCUT2D eigenvalue weighted by atomic mass is 10.0. The number of aromatic nitrogens is 2. The van der Waals surface area contributed by atoms with Gasteiger partial charge in [0.25, 0.3) is 11.7 Å². The van der Waals surface area contributed by atoms with Crippen LogP contribution in [0.1, 0.15) is 11.3 Å². The van der Waals surface area contributed by atoms with Crippen LogP contribution in [0.4, 0.5) is 10.6 Å². The van der Waals surface area contributed by atoms with E-state index in [1.807, 2.05) is 13.0 Å². The third-order valence-corrected chi connectivity index (χ3v) is 5.49. The van der Waals surface area contributed by atoms with Crippen LogP contribution in [0.3, 0.4) is 0 Å². The number of carbonyl (C=O) groups is 3. The van der Waals surface area contributed by atoms with E-state index in [-0.39, 0.29) is 24.8 Å². The molecule has 0 spiro atoms. The molecule has 11 nitrogen and oxygen atoms in total. The van der Waals surface area contributed by atoms with Gasteiger partial charge in [0.05, 0.1) is 20.8 Å². The fourth-order valence-corrected chi connectivity index (χ4v) is 3.82. The molecule has 4 amide bonds. The summed E-state index contributed by atoms with van der Waals surface area (Å²) in [7, 11) is 3.09. The number of urea groups is 1. The van der Waals surface area contributed by atoms with Crippen molar-refractivity contribution in [2.24, 2.45) is 10.9 Å². The monoisotopic (exact) mass is 465 g/mol. The number of aliphatic imine (C=N–C) groups is 1. The van der Waals surface area contributed by atoms with Gasteiger partial charge in [-0.2, -0.15) is 14.6 Å². The van der Waals surface area contributed by atoms with Gasteiger partial charge in [-0.15, -0.1) is 4.99 Å². The van der Waals surface area contributed by atoms with Crippen LogP contribution in [0.5, 0.6) is 11.5 Å². The van der Waals surface area contributed by atoms with Crippen LogP contribution in [0.15, 0.2) is 41.4 Å². The summed E-state index contributed by atoms with van der Waals surface area (Å²) in [4.78, 5) is 44.4. The zero-order valence-corrected chi connectivity index (χ0v) is 19.1. The number of hydrogen-bond donors (Lipinski definition) is 2. The van der Waals surface area contributed by atoms with E-state index in [1.54, 1.807) is 44.6 Å². The van der Waals surface area contributed by atoms with Crippen LogP contribution >= 0.6 is 0 Å². The zero-order valence-electron chi connectivity index (χ0n) is 19.1. The Hall–Kier alpha value is -4.28. The molecule has 11 heteroatoms. The molecule has 2 aliphatic heterocycles. The Kier molecular flexibility index (Phi) is 6.53. The second-order valence-corrected chi connectivity index (χ2v) is 7.78. The van der Waals surface area contributed by atoms with Crippen LogP contribution in [0.2, 0.25) is 0 Å². The van der Waals surface area contributed by atoms with Crippen molar-refractivity contribution in [2.45, 2.75) is 13.3 Å². The number of methoxy groups -OCH3 is 2. The van der Waals surface area contributed by atoms with Crippen molar-refractivity contribution in [3.63, 3.8) is 0 Å². The van der Waals surface area contributed by atoms with Gasteiger partial charge in [-0.3, -0.25) is 14.7 Å². The van der Waals surface area contributed by atoms with Crippen LogP contribution in [-0.4, -0.2) is 76.9 Å². The predicted molar refractivity (Wildman–Crippen MR) is 124 cm³/mol. The highest BCUT2D eigenvalue weighted by Gasteiger charge is 2.46. The number of anilines is 1. The normalized spacial score (nSPS) is 17.1. The molecule has 0 saturated heterocycles. The maximum Gasteiger partial charge on any atom is 0.446 e. The molecule has 3 heterocycles. The third-order valence-electron chi connectivity index (χ3n) is 5.49. The fraction of sp³-hybridized carbons (Fsp3) is 0.304. The minimum absolute atomic E-state index is 0.130. The molecular formula is C23H25N6O5+. The topological polar surface area (TPSA) is 129 Å². The molecule has 1 aromatic heterocycles. The van der Waals surface area contributed by atoms with Crippen molar-refractivity contribution in [1.29, 1.82) is 0 Å². The summed E-state index contributed by atoms with van der Waals surface area (Å²) < 4.78 is 11.8. The molecule has 176 valence electrons. The maximum atomic E-state index is 13.3. The maximum absolute atomic E-state index is 13.3. The summed E-state index contributed by atoms with van der Waals surface area (Å²) in [6.07, 6.45) is 5.22. The van der Waals surface area contributed by atoms with Gasteiger partial charge < -0.3 is 14.8 Å². The van der Waals surface area contributed by atoms with Gasteiger partial charge in [-0.05, 0) is 30.7 Å². The third kappa shape index (κ3) is 4.58. The van der Waals surface area contributed by atoms with Gasteiger partial charge in [0, 0.05) is 18.2 Å². The van der Waals surface area contributed by atoms with Crippen LogP contribution in [0.25, 0.3) is 0 Å². The van der Waals surface area contributed by atoms with Crippen molar-refractivity contribution in [1.82, 2.24) is 15.1 Å². The second-order valence-electron chi connectivity index (χ2n) is 7.78. The Morgan fingerprint density at radius 1 is 1.21 bits per heavy atom. The number of amidine groups is 1. The summed E-state index contributed by atoms with van der Waals surface area (Å²) >= 11 is 0. The molecule has 0 saturated carbocycles. The van der Waals surface area contributed by atoms with Gasteiger partial charge >= 0.3 is 11.9 Å². The van der Waals surface area contributed by atoms with Gasteiger partial charge in [0.1, 0.15) is 6.21 Å². The standard InChI is InChI=1S/C23H24N6O5/c1-14-11-19(27-26-14)25-20(30)13-29-21-16(5-4-9-24-21)22(31)28(23(29)32)10-8-15-6-7-17(33-2)18(12-15)34-3/h4-7,9,11-12,16H,8,10,13H2,1-3H3,(H-,25,26,27,30)/p+1. The number of nitrogens with one attached hydrogen (secondary N) is 2. The number of imide groups is 1. The lowest BCUT2D eigenvalue weighted by molar-refractivity contribution is -0.429.